The largest absolute Gasteiger partial charge is 0.348 e. The highest BCUT2D eigenvalue weighted by Crippen LogP contribution is 2.31. The van der Waals surface area contributed by atoms with Gasteiger partial charge in [0.25, 0.3) is 5.91 Å². The van der Waals surface area contributed by atoms with Crippen molar-refractivity contribution in [3.05, 3.63) is 51.2 Å². The molecule has 0 N–H and O–H groups in total. The zero-order valence-corrected chi connectivity index (χ0v) is 14.6. The maximum Gasteiger partial charge on any atom is 0.333 e. The van der Waals surface area contributed by atoms with E-state index in [1.54, 1.807) is 23.6 Å². The first-order chi connectivity index (χ1) is 11.9. The zero-order valence-electron chi connectivity index (χ0n) is 14.6. The van der Waals surface area contributed by atoms with Crippen LogP contribution < -0.4 is 4.90 Å². The van der Waals surface area contributed by atoms with Crippen LogP contribution in [-0.2, 0) is 7.05 Å². The predicted octanol–water partition coefficient (Wildman–Crippen LogP) is 1.91. The third kappa shape index (κ3) is 3.19. The summed E-state index contributed by atoms with van der Waals surface area (Å²) in [6, 6.07) is 7.51. The molecule has 0 bridgehead atoms. The van der Waals surface area contributed by atoms with Gasteiger partial charge in [0, 0.05) is 38.8 Å². The van der Waals surface area contributed by atoms with Gasteiger partial charge in [-0.05, 0) is 26.0 Å². The SMILES string of the molecule is Cc1ccc(C(=O)N2CCN(c3c([N+](=O)[O-])c(C)nn3C)CC2)cc1. The van der Waals surface area contributed by atoms with Gasteiger partial charge in [-0.3, -0.25) is 14.9 Å². The maximum absolute atomic E-state index is 12.6. The van der Waals surface area contributed by atoms with Crippen molar-refractivity contribution >= 4 is 17.4 Å². The lowest BCUT2D eigenvalue weighted by Crippen LogP contribution is -2.49. The number of hydrogen-bond donors (Lipinski definition) is 0. The summed E-state index contributed by atoms with van der Waals surface area (Å²) < 4.78 is 1.55. The first-order valence-corrected chi connectivity index (χ1v) is 8.17. The van der Waals surface area contributed by atoms with Crippen molar-refractivity contribution in [1.29, 1.82) is 0 Å². The van der Waals surface area contributed by atoms with E-state index in [-0.39, 0.29) is 16.5 Å². The van der Waals surface area contributed by atoms with Crippen molar-refractivity contribution in [2.75, 3.05) is 31.1 Å². The molecule has 8 nitrogen and oxygen atoms in total. The molecule has 8 heteroatoms. The van der Waals surface area contributed by atoms with Crippen LogP contribution in [0.4, 0.5) is 11.5 Å². The molecule has 0 atom stereocenters. The average Bonchev–Trinajstić information content (AvgIpc) is 2.89. The van der Waals surface area contributed by atoms with Gasteiger partial charge in [-0.25, -0.2) is 4.68 Å². The molecule has 1 fully saturated rings. The number of aryl methyl sites for hydroxylation is 3. The van der Waals surface area contributed by atoms with Gasteiger partial charge < -0.3 is 9.80 Å². The van der Waals surface area contributed by atoms with Gasteiger partial charge in [-0.1, -0.05) is 17.7 Å². The van der Waals surface area contributed by atoms with Gasteiger partial charge in [0.2, 0.25) is 5.82 Å². The molecule has 0 aliphatic carbocycles. The number of carbonyl (C=O) groups is 1. The average molecular weight is 343 g/mol. The van der Waals surface area contributed by atoms with Crippen molar-refractivity contribution in [3.8, 4) is 0 Å². The van der Waals surface area contributed by atoms with Gasteiger partial charge in [0.15, 0.2) is 0 Å². The number of piperazine rings is 1. The van der Waals surface area contributed by atoms with Crippen LogP contribution in [0.25, 0.3) is 0 Å². The van der Waals surface area contributed by atoms with E-state index in [0.29, 0.717) is 43.3 Å². The van der Waals surface area contributed by atoms with E-state index in [2.05, 4.69) is 5.10 Å². The maximum atomic E-state index is 12.6. The highest BCUT2D eigenvalue weighted by Gasteiger charge is 2.31. The predicted molar refractivity (Wildman–Crippen MR) is 93.9 cm³/mol. The topological polar surface area (TPSA) is 84.5 Å². The lowest BCUT2D eigenvalue weighted by Gasteiger charge is -2.35. The van der Waals surface area contributed by atoms with Crippen molar-refractivity contribution in [2.45, 2.75) is 13.8 Å². The summed E-state index contributed by atoms with van der Waals surface area (Å²) in [5.41, 5.74) is 2.23. The van der Waals surface area contributed by atoms with Gasteiger partial charge in [-0.15, -0.1) is 0 Å². The van der Waals surface area contributed by atoms with Crippen LogP contribution in [0.1, 0.15) is 21.6 Å². The Kier molecular flexibility index (Phi) is 4.43. The van der Waals surface area contributed by atoms with Gasteiger partial charge in [-0.2, -0.15) is 5.10 Å². The minimum atomic E-state index is -0.387. The number of rotatable bonds is 3. The molecule has 2 aromatic rings. The Morgan fingerprint density at radius 3 is 2.28 bits per heavy atom. The molecule has 1 amide bonds. The second kappa shape index (κ2) is 6.54. The van der Waals surface area contributed by atoms with Crippen molar-refractivity contribution in [1.82, 2.24) is 14.7 Å². The Balaban J connectivity index is 1.73. The number of anilines is 1. The summed E-state index contributed by atoms with van der Waals surface area (Å²) in [7, 11) is 1.71. The molecule has 0 spiro atoms. The van der Waals surface area contributed by atoms with E-state index in [4.69, 9.17) is 0 Å². The lowest BCUT2D eigenvalue weighted by molar-refractivity contribution is -0.384. The van der Waals surface area contributed by atoms with Crippen LogP contribution in [0, 0.1) is 24.0 Å². The second-order valence-corrected chi connectivity index (χ2v) is 6.28. The molecule has 1 aliphatic heterocycles. The van der Waals surface area contributed by atoms with E-state index < -0.39 is 0 Å². The molecule has 132 valence electrons. The highest BCUT2D eigenvalue weighted by atomic mass is 16.6. The summed E-state index contributed by atoms with van der Waals surface area (Å²) >= 11 is 0. The molecular formula is C17H21N5O3. The van der Waals surface area contributed by atoms with Crippen LogP contribution >= 0.6 is 0 Å². The molecule has 25 heavy (non-hydrogen) atoms. The van der Waals surface area contributed by atoms with E-state index in [9.17, 15) is 14.9 Å². The number of amides is 1. The molecule has 1 aromatic heterocycles. The number of carbonyl (C=O) groups excluding carboxylic acids is 1. The smallest absolute Gasteiger partial charge is 0.333 e. The molecular weight excluding hydrogens is 322 g/mol. The Morgan fingerprint density at radius 2 is 1.72 bits per heavy atom. The summed E-state index contributed by atoms with van der Waals surface area (Å²) in [5, 5.41) is 15.5. The van der Waals surface area contributed by atoms with Crippen LogP contribution in [0.5, 0.6) is 0 Å². The van der Waals surface area contributed by atoms with Crippen molar-refractivity contribution < 1.29 is 9.72 Å². The molecule has 1 aromatic carbocycles. The van der Waals surface area contributed by atoms with Crippen molar-refractivity contribution in [2.24, 2.45) is 7.05 Å². The summed E-state index contributed by atoms with van der Waals surface area (Å²) in [4.78, 5) is 27.3. The molecule has 0 saturated carbocycles. The number of nitrogens with zero attached hydrogens (tertiary/aromatic N) is 5. The van der Waals surface area contributed by atoms with E-state index in [1.165, 1.54) is 0 Å². The molecule has 0 radical (unpaired) electrons. The van der Waals surface area contributed by atoms with E-state index in [1.807, 2.05) is 36.1 Å². The number of hydrogen-bond acceptors (Lipinski definition) is 5. The molecule has 1 saturated heterocycles. The normalized spacial score (nSPS) is 14.7. The number of nitro groups is 1. The van der Waals surface area contributed by atoms with Crippen molar-refractivity contribution in [3.63, 3.8) is 0 Å². The van der Waals surface area contributed by atoms with Gasteiger partial charge in [0.05, 0.1) is 4.92 Å². The number of benzene rings is 1. The third-order valence-corrected chi connectivity index (χ3v) is 4.51. The lowest BCUT2D eigenvalue weighted by atomic mass is 10.1. The molecule has 3 rings (SSSR count). The van der Waals surface area contributed by atoms with Crippen LogP contribution in [0.3, 0.4) is 0 Å². The van der Waals surface area contributed by atoms with E-state index >= 15 is 0 Å². The minimum absolute atomic E-state index is 0.00432. The fourth-order valence-corrected chi connectivity index (χ4v) is 3.20. The second-order valence-electron chi connectivity index (χ2n) is 6.28. The number of aromatic nitrogens is 2. The van der Waals surface area contributed by atoms with Crippen LogP contribution in [0.2, 0.25) is 0 Å². The fraction of sp³-hybridized carbons (Fsp3) is 0.412. The fourth-order valence-electron chi connectivity index (χ4n) is 3.20. The summed E-state index contributed by atoms with van der Waals surface area (Å²) in [6.45, 7) is 5.74. The van der Waals surface area contributed by atoms with Gasteiger partial charge >= 0.3 is 5.69 Å². The standard InChI is InChI=1S/C17H21N5O3/c1-12-4-6-14(7-5-12)17(23)21-10-8-20(9-11-21)16-15(22(24)25)13(2)18-19(16)3/h4-7H,8-11H2,1-3H3. The Morgan fingerprint density at radius 1 is 1.12 bits per heavy atom. The Bertz CT molecular complexity index is 804. The monoisotopic (exact) mass is 343 g/mol. The highest BCUT2D eigenvalue weighted by molar-refractivity contribution is 5.94. The molecule has 1 aliphatic rings. The van der Waals surface area contributed by atoms with Gasteiger partial charge in [0.1, 0.15) is 5.69 Å². The first-order valence-electron chi connectivity index (χ1n) is 8.17. The zero-order chi connectivity index (χ0) is 18.1. The third-order valence-electron chi connectivity index (χ3n) is 4.51. The molecule has 2 heterocycles. The summed E-state index contributed by atoms with van der Waals surface area (Å²) in [6.07, 6.45) is 0. The quantitative estimate of drug-likeness (QED) is 0.628. The van der Waals surface area contributed by atoms with Crippen LogP contribution in [0.15, 0.2) is 24.3 Å². The molecule has 0 unspecified atom stereocenters. The minimum Gasteiger partial charge on any atom is -0.348 e. The Hall–Kier alpha value is -2.90. The van der Waals surface area contributed by atoms with E-state index in [0.717, 1.165) is 5.56 Å². The Labute approximate surface area is 145 Å². The first kappa shape index (κ1) is 16.9. The summed E-state index contributed by atoms with van der Waals surface area (Å²) in [5.74, 6) is 0.500. The van der Waals surface area contributed by atoms with Crippen LogP contribution in [-0.4, -0.2) is 51.7 Å².